The number of fused-ring (bicyclic) bond motifs is 1. The lowest BCUT2D eigenvalue weighted by Gasteiger charge is -2.34. The van der Waals surface area contributed by atoms with Gasteiger partial charge in [-0.25, -0.2) is 19.6 Å². The van der Waals surface area contributed by atoms with Gasteiger partial charge in [-0.2, -0.15) is 23.5 Å². The molecule has 0 aliphatic heterocycles. The molecular weight excluding hydrogens is 485 g/mol. The molecule has 3 atom stereocenters. The predicted molar refractivity (Wildman–Crippen MR) is 125 cm³/mol. The highest BCUT2D eigenvalue weighted by atomic mass is 19.4. The highest BCUT2D eigenvalue weighted by Crippen LogP contribution is 2.47. The molecule has 188 valence electrons. The van der Waals surface area contributed by atoms with E-state index in [1.165, 1.54) is 10.7 Å². The first kappa shape index (κ1) is 23.3. The molecule has 0 radical (unpaired) electrons. The standard InChI is InChI=1S/C25H21F3N8O/c1-12(14-4-7-19(31-11-14)25(26,27)28)36-23-20(18(10-29)35-36)24(37)34-22(33-23)16-6-5-15(16)21-30-9-8-17(32-21)13-2-3-13/h4,7-9,11-13,15-16H,2-3,5-6H2,1H3,(H,33,34,37)/t12?,15-,16-/m0/s1. The summed E-state index contributed by atoms with van der Waals surface area (Å²) in [5.74, 6) is 1.58. The van der Waals surface area contributed by atoms with E-state index < -0.39 is 23.5 Å². The molecule has 2 aliphatic carbocycles. The second-order valence-electron chi connectivity index (χ2n) is 9.61. The topological polar surface area (TPSA) is 126 Å². The molecule has 4 aromatic rings. The molecule has 0 saturated heterocycles. The molecule has 2 fully saturated rings. The van der Waals surface area contributed by atoms with Gasteiger partial charge in [0, 0.05) is 35.8 Å². The van der Waals surface area contributed by atoms with Crippen molar-refractivity contribution in [2.45, 2.75) is 62.6 Å². The maximum Gasteiger partial charge on any atom is 0.433 e. The van der Waals surface area contributed by atoms with Crippen LogP contribution in [0.15, 0.2) is 35.4 Å². The largest absolute Gasteiger partial charge is 0.433 e. The fourth-order valence-corrected chi connectivity index (χ4v) is 4.86. The van der Waals surface area contributed by atoms with Crippen LogP contribution in [0.4, 0.5) is 13.2 Å². The predicted octanol–water partition coefficient (Wildman–Crippen LogP) is 4.34. The van der Waals surface area contributed by atoms with E-state index >= 15 is 0 Å². The van der Waals surface area contributed by atoms with Crippen molar-refractivity contribution in [3.63, 3.8) is 0 Å². The summed E-state index contributed by atoms with van der Waals surface area (Å²) in [5, 5.41) is 13.9. The Balaban J connectivity index is 1.38. The first-order valence-electron chi connectivity index (χ1n) is 12.0. The first-order chi connectivity index (χ1) is 17.7. The van der Waals surface area contributed by atoms with Crippen LogP contribution in [0.3, 0.4) is 0 Å². The lowest BCUT2D eigenvalue weighted by Crippen LogP contribution is -2.28. The van der Waals surface area contributed by atoms with Gasteiger partial charge in [0.2, 0.25) is 0 Å². The lowest BCUT2D eigenvalue weighted by atomic mass is 9.72. The summed E-state index contributed by atoms with van der Waals surface area (Å²) < 4.78 is 40.2. The van der Waals surface area contributed by atoms with Gasteiger partial charge in [0.1, 0.15) is 28.8 Å². The number of nitrogens with one attached hydrogen (secondary N) is 1. The number of rotatable bonds is 5. The Hall–Kier alpha value is -4.14. The van der Waals surface area contributed by atoms with Crippen LogP contribution < -0.4 is 5.56 Å². The number of hydrogen-bond donors (Lipinski definition) is 1. The van der Waals surface area contributed by atoms with Crippen LogP contribution in [-0.4, -0.2) is 34.7 Å². The first-order valence-corrected chi connectivity index (χ1v) is 12.0. The number of halogens is 3. The second-order valence-corrected chi connectivity index (χ2v) is 9.61. The van der Waals surface area contributed by atoms with Crippen LogP contribution >= 0.6 is 0 Å². The van der Waals surface area contributed by atoms with E-state index in [2.05, 4.69) is 20.1 Å². The van der Waals surface area contributed by atoms with Gasteiger partial charge in [-0.1, -0.05) is 6.07 Å². The molecule has 4 heterocycles. The average Bonchev–Trinajstić information content (AvgIpc) is 3.64. The van der Waals surface area contributed by atoms with Crippen molar-refractivity contribution in [3.8, 4) is 6.07 Å². The third-order valence-corrected chi connectivity index (χ3v) is 7.26. The zero-order valence-corrected chi connectivity index (χ0v) is 19.7. The van der Waals surface area contributed by atoms with Gasteiger partial charge < -0.3 is 4.98 Å². The zero-order valence-electron chi connectivity index (χ0n) is 19.7. The minimum absolute atomic E-state index is 0.00245. The molecule has 1 unspecified atom stereocenters. The van der Waals surface area contributed by atoms with Crippen LogP contribution in [0, 0.1) is 11.3 Å². The van der Waals surface area contributed by atoms with Crippen molar-refractivity contribution in [2.24, 2.45) is 0 Å². The molecule has 9 nitrogen and oxygen atoms in total. The molecular formula is C25H21F3N8O. The number of nitriles is 1. The molecule has 37 heavy (non-hydrogen) atoms. The van der Waals surface area contributed by atoms with Crippen LogP contribution in [0.2, 0.25) is 0 Å². The van der Waals surface area contributed by atoms with Crippen molar-refractivity contribution >= 4 is 11.0 Å². The average molecular weight is 506 g/mol. The molecule has 2 aliphatic rings. The highest BCUT2D eigenvalue weighted by Gasteiger charge is 2.39. The Morgan fingerprint density at radius 1 is 1.11 bits per heavy atom. The Kier molecular flexibility index (Phi) is 5.33. The normalized spacial score (nSPS) is 20.4. The summed E-state index contributed by atoms with van der Waals surface area (Å²) in [6, 6.07) is 5.44. The van der Waals surface area contributed by atoms with E-state index in [0.717, 1.165) is 49.5 Å². The Bertz CT molecular complexity index is 1600. The molecule has 0 bridgehead atoms. The summed E-state index contributed by atoms with van der Waals surface area (Å²) in [7, 11) is 0. The smallest absolute Gasteiger partial charge is 0.310 e. The third-order valence-electron chi connectivity index (χ3n) is 7.26. The van der Waals surface area contributed by atoms with Crippen LogP contribution in [0.25, 0.3) is 11.0 Å². The van der Waals surface area contributed by atoms with Crippen LogP contribution in [-0.2, 0) is 6.18 Å². The van der Waals surface area contributed by atoms with Gasteiger partial charge in [-0.3, -0.25) is 9.78 Å². The molecule has 6 rings (SSSR count). The van der Waals surface area contributed by atoms with Crippen molar-refractivity contribution in [1.82, 2.24) is 34.7 Å². The molecule has 4 aromatic heterocycles. The molecule has 0 amide bonds. The lowest BCUT2D eigenvalue weighted by molar-refractivity contribution is -0.141. The summed E-state index contributed by atoms with van der Waals surface area (Å²) >= 11 is 0. The number of pyridine rings is 1. The SMILES string of the molecule is CC(c1ccc(C(F)(F)F)nc1)n1nc(C#N)c2c(=O)[nH]c([C@H]3CC[C@@H]3c3nccc(C4CC4)n3)nc21. The second kappa shape index (κ2) is 8.47. The third kappa shape index (κ3) is 4.04. The monoisotopic (exact) mass is 506 g/mol. The minimum atomic E-state index is -4.56. The van der Waals surface area contributed by atoms with E-state index in [-0.39, 0.29) is 28.6 Å². The minimum Gasteiger partial charge on any atom is -0.310 e. The maximum atomic E-state index is 13.1. The molecule has 0 aromatic carbocycles. The Morgan fingerprint density at radius 3 is 2.51 bits per heavy atom. The van der Waals surface area contributed by atoms with E-state index in [9.17, 15) is 23.2 Å². The number of alkyl halides is 3. The molecule has 1 N–H and O–H groups in total. The van der Waals surface area contributed by atoms with Crippen molar-refractivity contribution in [2.75, 3.05) is 0 Å². The number of nitrogens with zero attached hydrogens (tertiary/aromatic N) is 7. The van der Waals surface area contributed by atoms with E-state index in [1.807, 2.05) is 12.1 Å². The summed E-state index contributed by atoms with van der Waals surface area (Å²) in [6.45, 7) is 1.70. The summed E-state index contributed by atoms with van der Waals surface area (Å²) in [4.78, 5) is 33.4. The van der Waals surface area contributed by atoms with Crippen molar-refractivity contribution in [1.29, 1.82) is 5.26 Å². The zero-order chi connectivity index (χ0) is 25.9. The van der Waals surface area contributed by atoms with E-state index in [0.29, 0.717) is 17.3 Å². The van der Waals surface area contributed by atoms with Gasteiger partial charge >= 0.3 is 6.18 Å². The van der Waals surface area contributed by atoms with Gasteiger partial charge in [0.25, 0.3) is 5.56 Å². The Morgan fingerprint density at radius 2 is 1.89 bits per heavy atom. The van der Waals surface area contributed by atoms with Crippen LogP contribution in [0.5, 0.6) is 0 Å². The number of hydrogen-bond acceptors (Lipinski definition) is 7. The highest BCUT2D eigenvalue weighted by molar-refractivity contribution is 5.80. The Labute approximate surface area is 208 Å². The molecule has 2 saturated carbocycles. The van der Waals surface area contributed by atoms with Crippen molar-refractivity contribution in [3.05, 3.63) is 75.2 Å². The summed E-state index contributed by atoms with van der Waals surface area (Å²) in [6.07, 6.45) is 2.25. The maximum absolute atomic E-state index is 13.1. The van der Waals surface area contributed by atoms with Gasteiger partial charge in [-0.05, 0) is 50.3 Å². The van der Waals surface area contributed by atoms with Crippen molar-refractivity contribution < 1.29 is 13.2 Å². The molecule has 12 heteroatoms. The number of aromatic amines is 1. The van der Waals surface area contributed by atoms with E-state index in [4.69, 9.17) is 9.97 Å². The fraction of sp³-hybridized carbons (Fsp3) is 0.400. The van der Waals surface area contributed by atoms with Gasteiger partial charge in [0.15, 0.2) is 11.3 Å². The molecule has 0 spiro atoms. The van der Waals surface area contributed by atoms with Crippen LogP contribution in [0.1, 0.15) is 90.7 Å². The number of H-pyrrole nitrogens is 1. The number of aromatic nitrogens is 7. The van der Waals surface area contributed by atoms with Gasteiger partial charge in [0.05, 0.1) is 6.04 Å². The quantitative estimate of drug-likeness (QED) is 0.427. The summed E-state index contributed by atoms with van der Waals surface area (Å²) in [5.41, 5.74) is 0.0698. The van der Waals surface area contributed by atoms with E-state index in [1.54, 1.807) is 13.1 Å². The fourth-order valence-electron chi connectivity index (χ4n) is 4.86. The van der Waals surface area contributed by atoms with Gasteiger partial charge in [-0.15, -0.1) is 0 Å².